The van der Waals surface area contributed by atoms with Crippen molar-refractivity contribution in [2.75, 3.05) is 0 Å². The number of pyridine rings is 1. The smallest absolute Gasteiger partial charge is 0.153 e. The van der Waals surface area contributed by atoms with E-state index in [9.17, 15) is 4.79 Å². The molecule has 0 amide bonds. The Morgan fingerprint density at radius 2 is 2.06 bits per heavy atom. The summed E-state index contributed by atoms with van der Waals surface area (Å²) in [5.41, 5.74) is 2.50. The normalized spacial score (nSPS) is 10.1. The maximum absolute atomic E-state index is 11.0. The molecule has 0 aliphatic carbocycles. The van der Waals surface area contributed by atoms with Crippen molar-refractivity contribution in [3.8, 4) is 5.75 Å². The van der Waals surface area contributed by atoms with E-state index < -0.39 is 0 Å². The minimum Gasteiger partial charge on any atom is -0.488 e. The molecular weight excluding hydrogens is 294 g/mol. The van der Waals surface area contributed by atoms with E-state index in [-0.39, 0.29) is 0 Å². The van der Waals surface area contributed by atoms with Gasteiger partial charge in [-0.05, 0) is 42.3 Å². The lowest BCUT2D eigenvalue weighted by Crippen LogP contribution is -2.00. The van der Waals surface area contributed by atoms with Crippen molar-refractivity contribution in [2.24, 2.45) is 0 Å². The summed E-state index contributed by atoms with van der Waals surface area (Å²) in [5, 5.41) is 0. The molecule has 0 aliphatic heterocycles. The van der Waals surface area contributed by atoms with Gasteiger partial charge in [0.05, 0.1) is 5.56 Å². The standard InChI is InChI=1S/C14H12BrNO2/c1-10-6-13(15)7-12(8-17)14(10)18-9-11-2-4-16-5-3-11/h2-8H,9H2,1H3. The van der Waals surface area contributed by atoms with Crippen molar-refractivity contribution in [1.82, 2.24) is 4.98 Å². The van der Waals surface area contributed by atoms with Crippen LogP contribution in [-0.2, 0) is 6.61 Å². The third kappa shape index (κ3) is 2.96. The number of hydrogen-bond donors (Lipinski definition) is 0. The number of rotatable bonds is 4. The molecule has 92 valence electrons. The molecule has 0 saturated heterocycles. The van der Waals surface area contributed by atoms with E-state index in [0.29, 0.717) is 17.9 Å². The van der Waals surface area contributed by atoms with Gasteiger partial charge in [-0.2, -0.15) is 0 Å². The number of benzene rings is 1. The molecule has 2 aromatic rings. The lowest BCUT2D eigenvalue weighted by Gasteiger charge is -2.12. The molecule has 4 heteroatoms. The predicted molar refractivity (Wildman–Crippen MR) is 72.8 cm³/mol. The molecule has 0 N–H and O–H groups in total. The summed E-state index contributed by atoms with van der Waals surface area (Å²) >= 11 is 3.36. The Hall–Kier alpha value is -1.68. The van der Waals surface area contributed by atoms with Crippen molar-refractivity contribution in [3.05, 3.63) is 57.8 Å². The molecule has 1 heterocycles. The SMILES string of the molecule is Cc1cc(Br)cc(C=O)c1OCc1ccncc1. The van der Waals surface area contributed by atoms with E-state index >= 15 is 0 Å². The lowest BCUT2D eigenvalue weighted by atomic mass is 10.1. The largest absolute Gasteiger partial charge is 0.488 e. The number of nitrogens with zero attached hydrogens (tertiary/aromatic N) is 1. The molecule has 0 spiro atoms. The first-order valence-electron chi connectivity index (χ1n) is 5.47. The molecule has 0 radical (unpaired) electrons. The minimum atomic E-state index is 0.422. The molecule has 3 nitrogen and oxygen atoms in total. The highest BCUT2D eigenvalue weighted by atomic mass is 79.9. The van der Waals surface area contributed by atoms with Crippen LogP contribution in [0.2, 0.25) is 0 Å². The van der Waals surface area contributed by atoms with Crippen molar-refractivity contribution in [1.29, 1.82) is 0 Å². The Balaban J connectivity index is 2.21. The van der Waals surface area contributed by atoms with Gasteiger partial charge in [0.25, 0.3) is 0 Å². The van der Waals surface area contributed by atoms with Gasteiger partial charge in [-0.3, -0.25) is 9.78 Å². The fourth-order valence-corrected chi connectivity index (χ4v) is 2.27. The fourth-order valence-electron chi connectivity index (χ4n) is 1.68. The third-order valence-electron chi connectivity index (χ3n) is 2.53. The van der Waals surface area contributed by atoms with Crippen LogP contribution >= 0.6 is 15.9 Å². The number of ether oxygens (including phenoxy) is 1. The first-order chi connectivity index (χ1) is 8.70. The summed E-state index contributed by atoms with van der Waals surface area (Å²) in [5.74, 6) is 0.630. The first kappa shape index (κ1) is 12.8. The van der Waals surface area contributed by atoms with Crippen LogP contribution in [0.1, 0.15) is 21.5 Å². The van der Waals surface area contributed by atoms with Gasteiger partial charge in [-0.15, -0.1) is 0 Å². The van der Waals surface area contributed by atoms with E-state index in [1.165, 1.54) is 0 Å². The summed E-state index contributed by atoms with van der Waals surface area (Å²) in [4.78, 5) is 15.0. The second-order valence-corrected chi connectivity index (χ2v) is 4.82. The Labute approximate surface area is 114 Å². The number of halogens is 1. The van der Waals surface area contributed by atoms with Crippen LogP contribution in [0.15, 0.2) is 41.1 Å². The Kier molecular flexibility index (Phi) is 4.10. The summed E-state index contributed by atoms with van der Waals surface area (Å²) in [7, 11) is 0. The molecule has 0 atom stereocenters. The second-order valence-electron chi connectivity index (χ2n) is 3.90. The first-order valence-corrected chi connectivity index (χ1v) is 6.27. The third-order valence-corrected chi connectivity index (χ3v) is 2.99. The van der Waals surface area contributed by atoms with Gasteiger partial charge >= 0.3 is 0 Å². The summed E-state index contributed by atoms with van der Waals surface area (Å²) in [6.07, 6.45) is 4.24. The quantitative estimate of drug-likeness (QED) is 0.811. The molecule has 0 bridgehead atoms. The second kappa shape index (κ2) is 5.78. The van der Waals surface area contributed by atoms with Crippen LogP contribution < -0.4 is 4.74 Å². The van der Waals surface area contributed by atoms with Crippen molar-refractivity contribution >= 4 is 22.2 Å². The minimum absolute atomic E-state index is 0.422. The number of aldehydes is 1. The zero-order valence-corrected chi connectivity index (χ0v) is 11.5. The van der Waals surface area contributed by atoms with E-state index in [1.807, 2.05) is 25.1 Å². The van der Waals surface area contributed by atoms with Crippen LogP contribution in [0.25, 0.3) is 0 Å². The molecule has 2 rings (SSSR count). The Morgan fingerprint density at radius 3 is 2.72 bits per heavy atom. The van der Waals surface area contributed by atoms with Gasteiger partial charge in [0.2, 0.25) is 0 Å². The highest BCUT2D eigenvalue weighted by Crippen LogP contribution is 2.27. The molecule has 1 aromatic carbocycles. The number of aromatic nitrogens is 1. The average Bonchev–Trinajstić information content (AvgIpc) is 2.38. The van der Waals surface area contributed by atoms with Crippen LogP contribution in [0.4, 0.5) is 0 Å². The van der Waals surface area contributed by atoms with Crippen molar-refractivity contribution < 1.29 is 9.53 Å². The molecule has 0 aliphatic rings. The molecule has 0 unspecified atom stereocenters. The monoisotopic (exact) mass is 305 g/mol. The molecule has 0 fully saturated rings. The summed E-state index contributed by atoms with van der Waals surface area (Å²) in [6.45, 7) is 2.34. The number of hydrogen-bond acceptors (Lipinski definition) is 3. The van der Waals surface area contributed by atoms with E-state index in [2.05, 4.69) is 20.9 Å². The number of carbonyl (C=O) groups excluding carboxylic acids is 1. The van der Waals surface area contributed by atoms with Crippen LogP contribution in [0.3, 0.4) is 0 Å². The Morgan fingerprint density at radius 1 is 1.33 bits per heavy atom. The predicted octanol–water partition coefficient (Wildman–Crippen LogP) is 3.54. The van der Waals surface area contributed by atoms with Gasteiger partial charge in [-0.1, -0.05) is 15.9 Å². The topological polar surface area (TPSA) is 39.2 Å². The van der Waals surface area contributed by atoms with Crippen LogP contribution in [0.5, 0.6) is 5.75 Å². The van der Waals surface area contributed by atoms with Gasteiger partial charge < -0.3 is 4.74 Å². The van der Waals surface area contributed by atoms with Gasteiger partial charge in [0, 0.05) is 16.9 Å². The lowest BCUT2D eigenvalue weighted by molar-refractivity contribution is 0.111. The molecule has 0 saturated carbocycles. The van der Waals surface area contributed by atoms with E-state index in [4.69, 9.17) is 4.74 Å². The maximum Gasteiger partial charge on any atom is 0.153 e. The molecule has 18 heavy (non-hydrogen) atoms. The zero-order valence-electron chi connectivity index (χ0n) is 9.89. The average molecular weight is 306 g/mol. The number of carbonyl (C=O) groups is 1. The fraction of sp³-hybridized carbons (Fsp3) is 0.143. The van der Waals surface area contributed by atoms with Gasteiger partial charge in [0.1, 0.15) is 12.4 Å². The van der Waals surface area contributed by atoms with E-state index in [0.717, 1.165) is 21.9 Å². The Bertz CT molecular complexity index is 555. The highest BCUT2D eigenvalue weighted by molar-refractivity contribution is 9.10. The number of aryl methyl sites for hydroxylation is 1. The summed E-state index contributed by atoms with van der Waals surface area (Å²) in [6, 6.07) is 7.44. The maximum atomic E-state index is 11.0. The van der Waals surface area contributed by atoms with E-state index in [1.54, 1.807) is 18.5 Å². The highest BCUT2D eigenvalue weighted by Gasteiger charge is 2.08. The van der Waals surface area contributed by atoms with Crippen molar-refractivity contribution in [3.63, 3.8) is 0 Å². The zero-order chi connectivity index (χ0) is 13.0. The van der Waals surface area contributed by atoms with Crippen LogP contribution in [0, 0.1) is 6.92 Å². The molecular formula is C14H12BrNO2. The summed E-state index contributed by atoms with van der Waals surface area (Å²) < 4.78 is 6.59. The van der Waals surface area contributed by atoms with Gasteiger partial charge in [-0.25, -0.2) is 0 Å². The van der Waals surface area contributed by atoms with Crippen LogP contribution in [-0.4, -0.2) is 11.3 Å². The molecule has 1 aromatic heterocycles. The van der Waals surface area contributed by atoms with Gasteiger partial charge in [0.15, 0.2) is 6.29 Å². The van der Waals surface area contributed by atoms with Crippen molar-refractivity contribution in [2.45, 2.75) is 13.5 Å².